The summed E-state index contributed by atoms with van der Waals surface area (Å²) in [5, 5.41) is 0.843. The number of carbonyl (C=O) groups is 1. The highest BCUT2D eigenvalue weighted by Crippen LogP contribution is 2.29. The molecule has 0 aliphatic heterocycles. The number of hydrogen-bond donors (Lipinski definition) is 0. The molecule has 0 fully saturated rings. The van der Waals surface area contributed by atoms with Gasteiger partial charge in [-0.1, -0.05) is 55.1 Å². The normalized spacial score (nSPS) is 12.3. The van der Waals surface area contributed by atoms with Crippen molar-refractivity contribution in [1.29, 1.82) is 0 Å². The molecule has 0 bridgehead atoms. The van der Waals surface area contributed by atoms with Crippen LogP contribution < -0.4 is 0 Å². The van der Waals surface area contributed by atoms with Crippen molar-refractivity contribution in [3.8, 4) is 0 Å². The predicted molar refractivity (Wildman–Crippen MR) is 71.2 cm³/mol. The summed E-state index contributed by atoms with van der Waals surface area (Å²) in [5.74, 6) is -0.158. The minimum absolute atomic E-state index is 0.240. The van der Waals surface area contributed by atoms with E-state index in [0.29, 0.717) is 17.5 Å². The van der Waals surface area contributed by atoms with Crippen molar-refractivity contribution < 1.29 is 9.53 Å². The molecule has 0 aromatic heterocycles. The zero-order valence-corrected chi connectivity index (χ0v) is 11.9. The molecule has 1 atom stereocenters. The highest BCUT2D eigenvalue weighted by Gasteiger charge is 2.15. The van der Waals surface area contributed by atoms with Gasteiger partial charge < -0.3 is 4.74 Å². The summed E-state index contributed by atoms with van der Waals surface area (Å²) in [4.78, 5) is 11.7. The summed E-state index contributed by atoms with van der Waals surface area (Å²) in [6, 6.07) is 2.86. The Hall–Kier alpha value is -0.440. The Morgan fingerprint density at radius 1 is 1.24 bits per heavy atom. The first-order valence-corrected chi connectivity index (χ1v) is 6.40. The summed E-state index contributed by atoms with van der Waals surface area (Å²) in [7, 11) is 0. The quantitative estimate of drug-likeness (QED) is 0.586. The molecular formula is C12H13Cl3O2. The molecule has 1 aromatic rings. The van der Waals surface area contributed by atoms with Crippen LogP contribution in [0.3, 0.4) is 0 Å². The van der Waals surface area contributed by atoms with E-state index >= 15 is 0 Å². The van der Waals surface area contributed by atoms with E-state index in [1.165, 1.54) is 12.1 Å². The summed E-state index contributed by atoms with van der Waals surface area (Å²) in [5.41, 5.74) is 0.240. The van der Waals surface area contributed by atoms with Gasteiger partial charge in [0.2, 0.25) is 0 Å². The van der Waals surface area contributed by atoms with E-state index in [9.17, 15) is 4.79 Å². The predicted octanol–water partition coefficient (Wildman–Crippen LogP) is 4.85. The standard InChI is InChI=1S/C12H13Cl3O2/c1-3-7(2)6-17-12(16)8-4-10(14)11(15)5-9(8)13/h4-5,7H,3,6H2,1-2H3. The highest BCUT2D eigenvalue weighted by molar-refractivity contribution is 6.44. The first kappa shape index (κ1) is 14.6. The summed E-state index contributed by atoms with van der Waals surface area (Å²) in [6.07, 6.45) is 0.947. The van der Waals surface area contributed by atoms with E-state index in [4.69, 9.17) is 39.5 Å². The number of rotatable bonds is 4. The van der Waals surface area contributed by atoms with Gasteiger partial charge >= 0.3 is 5.97 Å². The first-order valence-electron chi connectivity index (χ1n) is 5.27. The SMILES string of the molecule is CCC(C)COC(=O)c1cc(Cl)c(Cl)cc1Cl. The number of benzene rings is 1. The van der Waals surface area contributed by atoms with Crippen LogP contribution in [0.4, 0.5) is 0 Å². The Balaban J connectivity index is 2.79. The van der Waals surface area contributed by atoms with Crippen LogP contribution in [-0.2, 0) is 4.74 Å². The Kier molecular flexibility index (Phi) is 5.57. The van der Waals surface area contributed by atoms with Crippen LogP contribution in [0, 0.1) is 5.92 Å². The van der Waals surface area contributed by atoms with Gasteiger partial charge in [0.25, 0.3) is 0 Å². The average molecular weight is 296 g/mol. The van der Waals surface area contributed by atoms with Crippen molar-refractivity contribution in [3.63, 3.8) is 0 Å². The van der Waals surface area contributed by atoms with Gasteiger partial charge in [-0.2, -0.15) is 0 Å². The van der Waals surface area contributed by atoms with Crippen LogP contribution in [0.15, 0.2) is 12.1 Å². The second kappa shape index (κ2) is 6.48. The van der Waals surface area contributed by atoms with Crippen molar-refractivity contribution in [2.45, 2.75) is 20.3 Å². The number of hydrogen-bond acceptors (Lipinski definition) is 2. The van der Waals surface area contributed by atoms with Crippen molar-refractivity contribution in [2.75, 3.05) is 6.61 Å². The third kappa shape index (κ3) is 4.06. The molecule has 0 heterocycles. The summed E-state index contributed by atoms with van der Waals surface area (Å²) >= 11 is 17.5. The van der Waals surface area contributed by atoms with Crippen LogP contribution in [-0.4, -0.2) is 12.6 Å². The van der Waals surface area contributed by atoms with Crippen LogP contribution >= 0.6 is 34.8 Å². The zero-order chi connectivity index (χ0) is 13.0. The molecular weight excluding hydrogens is 282 g/mol. The number of carbonyl (C=O) groups excluding carboxylic acids is 1. The van der Waals surface area contributed by atoms with Crippen molar-refractivity contribution in [3.05, 3.63) is 32.8 Å². The molecule has 0 aliphatic carbocycles. The molecule has 0 N–H and O–H groups in total. The maximum atomic E-state index is 11.7. The summed E-state index contributed by atoms with van der Waals surface area (Å²) in [6.45, 7) is 4.40. The third-order valence-corrected chi connectivity index (χ3v) is 3.46. The molecule has 0 saturated heterocycles. The fourth-order valence-corrected chi connectivity index (χ4v) is 1.72. The highest BCUT2D eigenvalue weighted by atomic mass is 35.5. The molecule has 1 aromatic carbocycles. The molecule has 94 valence electrons. The van der Waals surface area contributed by atoms with E-state index in [1.54, 1.807) is 0 Å². The first-order chi connectivity index (χ1) is 7.95. The molecule has 17 heavy (non-hydrogen) atoms. The minimum Gasteiger partial charge on any atom is -0.462 e. The Bertz CT molecular complexity index is 418. The Morgan fingerprint density at radius 2 is 1.82 bits per heavy atom. The zero-order valence-electron chi connectivity index (χ0n) is 9.60. The van der Waals surface area contributed by atoms with Gasteiger partial charge in [0, 0.05) is 0 Å². The van der Waals surface area contributed by atoms with Crippen LogP contribution in [0.2, 0.25) is 15.1 Å². The van der Waals surface area contributed by atoms with Crippen LogP contribution in [0.1, 0.15) is 30.6 Å². The fraction of sp³-hybridized carbons (Fsp3) is 0.417. The maximum absolute atomic E-state index is 11.7. The van der Waals surface area contributed by atoms with Gasteiger partial charge in [-0.3, -0.25) is 0 Å². The molecule has 1 unspecified atom stereocenters. The molecule has 0 radical (unpaired) electrons. The lowest BCUT2D eigenvalue weighted by molar-refractivity contribution is 0.0447. The van der Waals surface area contributed by atoms with Crippen molar-refractivity contribution in [2.24, 2.45) is 5.92 Å². The van der Waals surface area contributed by atoms with Crippen LogP contribution in [0.25, 0.3) is 0 Å². The van der Waals surface area contributed by atoms with E-state index in [-0.39, 0.29) is 15.6 Å². The van der Waals surface area contributed by atoms with Gasteiger partial charge in [-0.25, -0.2) is 4.79 Å². The minimum atomic E-state index is -0.478. The van der Waals surface area contributed by atoms with Gasteiger partial charge in [-0.05, 0) is 18.1 Å². The second-order valence-electron chi connectivity index (χ2n) is 3.86. The number of ether oxygens (including phenoxy) is 1. The van der Waals surface area contributed by atoms with Gasteiger partial charge in [0.15, 0.2) is 0 Å². The van der Waals surface area contributed by atoms with Crippen molar-refractivity contribution in [1.82, 2.24) is 0 Å². The molecule has 0 aliphatic rings. The van der Waals surface area contributed by atoms with Crippen molar-refractivity contribution >= 4 is 40.8 Å². The number of esters is 1. The third-order valence-electron chi connectivity index (χ3n) is 2.43. The second-order valence-corrected chi connectivity index (χ2v) is 5.08. The lowest BCUT2D eigenvalue weighted by atomic mass is 10.1. The molecule has 0 saturated carbocycles. The fourth-order valence-electron chi connectivity index (χ4n) is 1.09. The lowest BCUT2D eigenvalue weighted by Crippen LogP contribution is -2.12. The van der Waals surface area contributed by atoms with Gasteiger partial charge in [0.1, 0.15) is 0 Å². The molecule has 0 amide bonds. The molecule has 0 spiro atoms. The van der Waals surface area contributed by atoms with Crippen LogP contribution in [0.5, 0.6) is 0 Å². The smallest absolute Gasteiger partial charge is 0.339 e. The largest absolute Gasteiger partial charge is 0.462 e. The average Bonchev–Trinajstić information content (AvgIpc) is 2.30. The van der Waals surface area contributed by atoms with E-state index in [1.807, 2.05) is 13.8 Å². The van der Waals surface area contributed by atoms with E-state index in [2.05, 4.69) is 0 Å². The molecule has 1 rings (SSSR count). The van der Waals surface area contributed by atoms with E-state index in [0.717, 1.165) is 6.42 Å². The van der Waals surface area contributed by atoms with Gasteiger partial charge in [-0.15, -0.1) is 0 Å². The van der Waals surface area contributed by atoms with Gasteiger partial charge in [0.05, 0.1) is 27.2 Å². The topological polar surface area (TPSA) is 26.3 Å². The Morgan fingerprint density at radius 3 is 2.41 bits per heavy atom. The van der Waals surface area contributed by atoms with E-state index < -0.39 is 5.97 Å². The monoisotopic (exact) mass is 294 g/mol. The molecule has 5 heteroatoms. The summed E-state index contributed by atoms with van der Waals surface area (Å²) < 4.78 is 5.13. The lowest BCUT2D eigenvalue weighted by Gasteiger charge is -2.10. The Labute approximate surface area is 116 Å². The number of halogens is 3. The molecule has 2 nitrogen and oxygen atoms in total. The maximum Gasteiger partial charge on any atom is 0.339 e.